The SMILES string of the molecule is CCC[C@@]1(c2ccccc2)OCC[C@@H](CCN)O1. The van der Waals surface area contributed by atoms with Crippen molar-refractivity contribution in [2.45, 2.75) is 44.5 Å². The molecule has 2 rings (SSSR count). The number of hydrogen-bond donors (Lipinski definition) is 1. The van der Waals surface area contributed by atoms with Crippen LogP contribution in [0, 0.1) is 0 Å². The number of benzene rings is 1. The van der Waals surface area contributed by atoms with Crippen LogP contribution in [0.3, 0.4) is 0 Å². The van der Waals surface area contributed by atoms with Crippen molar-refractivity contribution in [3.8, 4) is 0 Å². The Balaban J connectivity index is 2.21. The molecule has 0 spiro atoms. The summed E-state index contributed by atoms with van der Waals surface area (Å²) in [5.41, 5.74) is 6.76. The Bertz CT molecular complexity index is 349. The fraction of sp³-hybridized carbons (Fsp3) is 0.600. The second-order valence-corrected chi connectivity index (χ2v) is 4.82. The van der Waals surface area contributed by atoms with E-state index in [1.54, 1.807) is 0 Å². The minimum atomic E-state index is -0.561. The molecule has 0 saturated carbocycles. The maximum absolute atomic E-state index is 6.24. The van der Waals surface area contributed by atoms with Gasteiger partial charge in [-0.15, -0.1) is 0 Å². The lowest BCUT2D eigenvalue weighted by Gasteiger charge is -2.41. The van der Waals surface area contributed by atoms with Crippen molar-refractivity contribution in [2.75, 3.05) is 13.2 Å². The van der Waals surface area contributed by atoms with Crippen molar-refractivity contribution in [3.05, 3.63) is 35.9 Å². The summed E-state index contributed by atoms with van der Waals surface area (Å²) in [6.07, 6.45) is 3.98. The lowest BCUT2D eigenvalue weighted by atomic mass is 9.98. The van der Waals surface area contributed by atoms with E-state index < -0.39 is 5.79 Å². The zero-order valence-electron chi connectivity index (χ0n) is 11.1. The largest absolute Gasteiger partial charge is 0.346 e. The van der Waals surface area contributed by atoms with E-state index in [1.165, 1.54) is 0 Å². The Labute approximate surface area is 109 Å². The molecule has 0 amide bonds. The molecule has 0 aliphatic carbocycles. The number of hydrogen-bond acceptors (Lipinski definition) is 3. The quantitative estimate of drug-likeness (QED) is 0.872. The van der Waals surface area contributed by atoms with Crippen LogP contribution in [0.25, 0.3) is 0 Å². The van der Waals surface area contributed by atoms with Gasteiger partial charge in [0.05, 0.1) is 12.7 Å². The van der Waals surface area contributed by atoms with Gasteiger partial charge >= 0.3 is 0 Å². The third-order valence-corrected chi connectivity index (χ3v) is 3.41. The third-order valence-electron chi connectivity index (χ3n) is 3.41. The number of nitrogens with two attached hydrogens (primary N) is 1. The summed E-state index contributed by atoms with van der Waals surface area (Å²) in [7, 11) is 0. The van der Waals surface area contributed by atoms with E-state index in [0.29, 0.717) is 6.54 Å². The first-order valence-corrected chi connectivity index (χ1v) is 6.88. The van der Waals surface area contributed by atoms with Crippen LogP contribution in [0.4, 0.5) is 0 Å². The van der Waals surface area contributed by atoms with Crippen LogP contribution in [0.2, 0.25) is 0 Å². The highest BCUT2D eigenvalue weighted by Gasteiger charge is 2.39. The van der Waals surface area contributed by atoms with E-state index in [1.807, 2.05) is 18.2 Å². The van der Waals surface area contributed by atoms with Gasteiger partial charge in [0, 0.05) is 12.0 Å². The summed E-state index contributed by atoms with van der Waals surface area (Å²) < 4.78 is 12.2. The molecule has 18 heavy (non-hydrogen) atoms. The van der Waals surface area contributed by atoms with Gasteiger partial charge in [0.15, 0.2) is 5.79 Å². The molecule has 2 N–H and O–H groups in total. The normalized spacial score (nSPS) is 28.2. The topological polar surface area (TPSA) is 44.5 Å². The van der Waals surface area contributed by atoms with Crippen molar-refractivity contribution < 1.29 is 9.47 Å². The van der Waals surface area contributed by atoms with Gasteiger partial charge in [0.25, 0.3) is 0 Å². The van der Waals surface area contributed by atoms with Gasteiger partial charge in [-0.05, 0) is 19.4 Å². The van der Waals surface area contributed by atoms with Gasteiger partial charge in [0.1, 0.15) is 0 Å². The Morgan fingerprint density at radius 1 is 1.33 bits per heavy atom. The summed E-state index contributed by atoms with van der Waals surface area (Å²) in [5.74, 6) is -0.561. The first-order valence-electron chi connectivity index (χ1n) is 6.88. The highest BCUT2D eigenvalue weighted by atomic mass is 16.7. The Morgan fingerprint density at radius 3 is 2.78 bits per heavy atom. The molecule has 1 aliphatic rings. The molecule has 1 aromatic carbocycles. The Hall–Kier alpha value is -0.900. The summed E-state index contributed by atoms with van der Waals surface area (Å²) in [6, 6.07) is 10.3. The third kappa shape index (κ3) is 2.91. The van der Waals surface area contributed by atoms with E-state index in [2.05, 4.69) is 19.1 Å². The van der Waals surface area contributed by atoms with Crippen molar-refractivity contribution >= 4 is 0 Å². The van der Waals surface area contributed by atoms with Crippen LogP contribution in [-0.2, 0) is 15.3 Å². The molecular formula is C15H23NO2. The van der Waals surface area contributed by atoms with Gasteiger partial charge in [-0.25, -0.2) is 0 Å². The van der Waals surface area contributed by atoms with Crippen LogP contribution >= 0.6 is 0 Å². The van der Waals surface area contributed by atoms with E-state index in [-0.39, 0.29) is 6.10 Å². The monoisotopic (exact) mass is 249 g/mol. The highest BCUT2D eigenvalue weighted by molar-refractivity contribution is 5.20. The molecule has 0 bridgehead atoms. The molecule has 3 heteroatoms. The number of rotatable bonds is 5. The van der Waals surface area contributed by atoms with Crippen LogP contribution in [0.1, 0.15) is 38.2 Å². The maximum Gasteiger partial charge on any atom is 0.195 e. The minimum Gasteiger partial charge on any atom is -0.346 e. The molecule has 0 radical (unpaired) electrons. The molecule has 2 atom stereocenters. The fourth-order valence-corrected chi connectivity index (χ4v) is 2.55. The zero-order valence-corrected chi connectivity index (χ0v) is 11.1. The van der Waals surface area contributed by atoms with Crippen LogP contribution in [0.5, 0.6) is 0 Å². The van der Waals surface area contributed by atoms with Crippen molar-refractivity contribution in [1.82, 2.24) is 0 Å². The fourth-order valence-electron chi connectivity index (χ4n) is 2.55. The molecule has 1 fully saturated rings. The van der Waals surface area contributed by atoms with Crippen molar-refractivity contribution in [3.63, 3.8) is 0 Å². The zero-order chi connectivity index (χ0) is 12.8. The summed E-state index contributed by atoms with van der Waals surface area (Å²) in [4.78, 5) is 0. The predicted octanol–water partition coefficient (Wildman–Crippen LogP) is 2.79. The van der Waals surface area contributed by atoms with Gasteiger partial charge in [-0.1, -0.05) is 43.7 Å². The van der Waals surface area contributed by atoms with Crippen LogP contribution in [-0.4, -0.2) is 19.3 Å². The Kier molecular flexibility index (Phi) is 4.75. The standard InChI is InChI=1S/C15H23NO2/c1-2-10-15(13-6-4-3-5-7-13)17-12-9-14(18-15)8-11-16/h3-7,14H,2,8-12,16H2,1H3/t14-,15-/m1/s1. The first-order chi connectivity index (χ1) is 8.80. The molecule has 100 valence electrons. The molecule has 0 aromatic heterocycles. The van der Waals surface area contributed by atoms with E-state index in [0.717, 1.165) is 37.9 Å². The molecular weight excluding hydrogens is 226 g/mol. The van der Waals surface area contributed by atoms with Gasteiger partial charge in [-0.2, -0.15) is 0 Å². The van der Waals surface area contributed by atoms with Crippen molar-refractivity contribution in [2.24, 2.45) is 5.73 Å². The number of ether oxygens (including phenoxy) is 2. The molecule has 1 saturated heterocycles. The molecule has 1 aromatic rings. The van der Waals surface area contributed by atoms with E-state index in [9.17, 15) is 0 Å². The summed E-state index contributed by atoms with van der Waals surface area (Å²) >= 11 is 0. The molecule has 1 aliphatic heterocycles. The molecule has 1 heterocycles. The Morgan fingerprint density at radius 2 is 2.11 bits per heavy atom. The van der Waals surface area contributed by atoms with Crippen LogP contribution < -0.4 is 5.73 Å². The first kappa shape index (κ1) is 13.5. The van der Waals surface area contributed by atoms with Gasteiger partial charge in [-0.3, -0.25) is 0 Å². The average molecular weight is 249 g/mol. The lowest BCUT2D eigenvalue weighted by Crippen LogP contribution is -2.43. The highest BCUT2D eigenvalue weighted by Crippen LogP contribution is 2.37. The molecule has 3 nitrogen and oxygen atoms in total. The second kappa shape index (κ2) is 6.32. The average Bonchev–Trinajstić information content (AvgIpc) is 2.41. The van der Waals surface area contributed by atoms with Crippen LogP contribution in [0.15, 0.2) is 30.3 Å². The summed E-state index contributed by atoms with van der Waals surface area (Å²) in [6.45, 7) is 3.57. The predicted molar refractivity (Wildman–Crippen MR) is 72.1 cm³/mol. The van der Waals surface area contributed by atoms with Crippen molar-refractivity contribution in [1.29, 1.82) is 0 Å². The van der Waals surface area contributed by atoms with Gasteiger partial charge in [0.2, 0.25) is 0 Å². The van der Waals surface area contributed by atoms with Gasteiger partial charge < -0.3 is 15.2 Å². The smallest absolute Gasteiger partial charge is 0.195 e. The second-order valence-electron chi connectivity index (χ2n) is 4.82. The molecule has 0 unspecified atom stereocenters. The minimum absolute atomic E-state index is 0.218. The van der Waals surface area contributed by atoms with E-state index >= 15 is 0 Å². The maximum atomic E-state index is 6.24. The van der Waals surface area contributed by atoms with E-state index in [4.69, 9.17) is 15.2 Å². The summed E-state index contributed by atoms with van der Waals surface area (Å²) in [5, 5.41) is 0. The lowest BCUT2D eigenvalue weighted by molar-refractivity contribution is -0.306.